The van der Waals surface area contributed by atoms with E-state index in [1.807, 2.05) is 25.7 Å². The second kappa shape index (κ2) is 8.71. The molecule has 4 heterocycles. The van der Waals surface area contributed by atoms with E-state index in [-0.39, 0.29) is 41.7 Å². The molecule has 0 spiro atoms. The van der Waals surface area contributed by atoms with Gasteiger partial charge in [0.15, 0.2) is 21.4 Å². The Labute approximate surface area is 194 Å². The summed E-state index contributed by atoms with van der Waals surface area (Å²) >= 11 is 0. The van der Waals surface area contributed by atoms with E-state index in [0.29, 0.717) is 19.0 Å². The zero-order chi connectivity index (χ0) is 24.8. The minimum atomic E-state index is -3.56. The zero-order valence-corrected chi connectivity index (χ0v) is 20.8. The lowest BCUT2D eigenvalue weighted by molar-refractivity contribution is -0.121. The second-order valence-electron chi connectivity index (χ2n) is 9.70. The van der Waals surface area contributed by atoms with Crippen LogP contribution in [0.1, 0.15) is 57.4 Å². The van der Waals surface area contributed by atoms with E-state index in [1.165, 1.54) is 13.8 Å². The van der Waals surface area contributed by atoms with E-state index < -0.39 is 26.0 Å². The van der Waals surface area contributed by atoms with Gasteiger partial charge in [-0.1, -0.05) is 6.92 Å². The highest BCUT2D eigenvalue weighted by atomic mass is 32.2. The molecule has 0 aliphatic carbocycles. The first-order valence-electron chi connectivity index (χ1n) is 10.9. The van der Waals surface area contributed by atoms with Gasteiger partial charge in [-0.05, 0) is 34.1 Å². The fourth-order valence-electron chi connectivity index (χ4n) is 4.07. The minimum Gasteiger partial charge on any atom is -0.485 e. The lowest BCUT2D eigenvalue weighted by Crippen LogP contribution is -2.64. The Kier molecular flexibility index (Phi) is 6.64. The number of rotatable bonds is 3. The minimum absolute atomic E-state index is 0.0405. The third-order valence-electron chi connectivity index (χ3n) is 6.44. The van der Waals surface area contributed by atoms with Gasteiger partial charge in [0, 0.05) is 18.7 Å². The van der Waals surface area contributed by atoms with Crippen molar-refractivity contribution in [3.63, 3.8) is 0 Å². The van der Waals surface area contributed by atoms with Crippen LogP contribution >= 0.6 is 0 Å². The van der Waals surface area contributed by atoms with Gasteiger partial charge in [-0.25, -0.2) is 18.4 Å². The molecule has 184 valence electrons. The molecule has 0 radical (unpaired) electrons. The highest BCUT2D eigenvalue weighted by molar-refractivity contribution is 7.91. The number of ether oxygens (including phenoxy) is 2. The SMILES string of the molecule is C[C@@H]1COC[C@@]2(C)COc3c(nc(C(N)=O)nc3C(C)(C)S(C)(=O)=O)N12.C[C@H]1CCNC1=O. The lowest BCUT2D eigenvalue weighted by atomic mass is 9.95. The summed E-state index contributed by atoms with van der Waals surface area (Å²) in [6.07, 6.45) is 2.13. The molecule has 3 aliphatic heterocycles. The third kappa shape index (κ3) is 4.63. The number of morpholine rings is 1. The van der Waals surface area contributed by atoms with Gasteiger partial charge < -0.3 is 25.4 Å². The van der Waals surface area contributed by atoms with Gasteiger partial charge >= 0.3 is 0 Å². The molecule has 3 atom stereocenters. The summed E-state index contributed by atoms with van der Waals surface area (Å²) in [6, 6.07) is -0.0405. The highest BCUT2D eigenvalue weighted by Crippen LogP contribution is 2.45. The van der Waals surface area contributed by atoms with Gasteiger partial charge in [0.1, 0.15) is 17.0 Å². The molecule has 2 saturated heterocycles. The summed E-state index contributed by atoms with van der Waals surface area (Å²) in [5.41, 5.74) is 5.06. The van der Waals surface area contributed by atoms with E-state index in [4.69, 9.17) is 15.2 Å². The van der Waals surface area contributed by atoms with E-state index in [1.54, 1.807) is 0 Å². The van der Waals surface area contributed by atoms with Crippen LogP contribution in [-0.2, 0) is 24.1 Å². The average Bonchev–Trinajstić information content (AvgIpc) is 3.08. The number of primary amides is 1. The van der Waals surface area contributed by atoms with Crippen LogP contribution in [0.5, 0.6) is 5.75 Å². The Morgan fingerprint density at radius 1 is 1.27 bits per heavy atom. The van der Waals surface area contributed by atoms with Crippen molar-refractivity contribution in [1.29, 1.82) is 0 Å². The summed E-state index contributed by atoms with van der Waals surface area (Å²) in [5, 5.41) is 2.73. The molecule has 3 aliphatic rings. The number of carbonyl (C=O) groups excluding carboxylic acids is 2. The number of nitrogens with two attached hydrogens (primary N) is 1. The van der Waals surface area contributed by atoms with Crippen molar-refractivity contribution >= 4 is 27.5 Å². The molecule has 0 saturated carbocycles. The smallest absolute Gasteiger partial charge is 0.286 e. The number of hydrogen-bond acceptors (Lipinski definition) is 9. The molecule has 2 amide bonds. The maximum absolute atomic E-state index is 12.4. The quantitative estimate of drug-likeness (QED) is 0.621. The van der Waals surface area contributed by atoms with Crippen molar-refractivity contribution < 1.29 is 27.5 Å². The first-order chi connectivity index (χ1) is 15.2. The number of hydrogen-bond donors (Lipinski definition) is 2. The Hall–Kier alpha value is -2.47. The van der Waals surface area contributed by atoms with Crippen molar-refractivity contribution in [2.75, 3.05) is 37.5 Å². The van der Waals surface area contributed by atoms with Crippen LogP contribution in [0.2, 0.25) is 0 Å². The summed E-state index contributed by atoms with van der Waals surface area (Å²) in [5.74, 6) is 0.0651. The topological polar surface area (TPSA) is 154 Å². The normalized spacial score (nSPS) is 26.8. The van der Waals surface area contributed by atoms with Crippen molar-refractivity contribution in [2.24, 2.45) is 11.7 Å². The maximum Gasteiger partial charge on any atom is 0.286 e. The number of carbonyl (C=O) groups is 2. The lowest BCUT2D eigenvalue weighted by Gasteiger charge is -2.51. The Morgan fingerprint density at radius 3 is 2.42 bits per heavy atom. The molecule has 1 aromatic rings. The summed E-state index contributed by atoms with van der Waals surface area (Å²) in [7, 11) is -3.56. The van der Waals surface area contributed by atoms with Crippen LogP contribution in [0.15, 0.2) is 0 Å². The predicted molar refractivity (Wildman–Crippen MR) is 122 cm³/mol. The number of nitrogens with one attached hydrogen (secondary N) is 1. The van der Waals surface area contributed by atoms with Gasteiger partial charge in [-0.2, -0.15) is 0 Å². The molecule has 12 heteroatoms. The van der Waals surface area contributed by atoms with E-state index >= 15 is 0 Å². The van der Waals surface area contributed by atoms with Crippen molar-refractivity contribution in [3.8, 4) is 5.75 Å². The monoisotopic (exact) mass is 483 g/mol. The Morgan fingerprint density at radius 2 is 1.94 bits per heavy atom. The summed E-state index contributed by atoms with van der Waals surface area (Å²) < 4.78 is 34.9. The number of anilines is 1. The van der Waals surface area contributed by atoms with Crippen molar-refractivity contribution in [3.05, 3.63) is 11.5 Å². The molecular formula is C21H33N5O6S. The standard InChI is InChI=1S/C16H24N4O5S.C5H9NO/c1-9-6-24-7-16(4)8-25-10-11(15(2,3)26(5,22)23)18-13(12(17)21)19-14(10)20(9)16;1-4-2-3-6-5(4)7/h9H,6-8H2,1-5H3,(H2,17,21);4H,2-3H2,1H3,(H,6,7)/t9-,16+;4-/m10/s1. The fraction of sp³-hybridized carbons (Fsp3) is 0.714. The van der Waals surface area contributed by atoms with E-state index in [9.17, 15) is 18.0 Å². The van der Waals surface area contributed by atoms with Crippen LogP contribution in [0.3, 0.4) is 0 Å². The number of nitrogens with zero attached hydrogens (tertiary/aromatic N) is 3. The van der Waals surface area contributed by atoms with Gasteiger partial charge in [0.05, 0.1) is 24.8 Å². The molecule has 3 N–H and O–H groups in total. The molecule has 0 aromatic carbocycles. The fourth-order valence-corrected chi connectivity index (χ4v) is 4.56. The molecule has 0 bridgehead atoms. The molecule has 0 unspecified atom stereocenters. The summed E-state index contributed by atoms with van der Waals surface area (Å²) in [6.45, 7) is 11.0. The number of fused-ring (bicyclic) bond motifs is 3. The average molecular weight is 484 g/mol. The molecular weight excluding hydrogens is 450 g/mol. The zero-order valence-electron chi connectivity index (χ0n) is 20.0. The number of aromatic nitrogens is 2. The maximum atomic E-state index is 12.4. The first-order valence-corrected chi connectivity index (χ1v) is 12.8. The highest BCUT2D eigenvalue weighted by Gasteiger charge is 2.48. The Balaban J connectivity index is 0.000000374. The molecule has 1 aromatic heterocycles. The van der Waals surface area contributed by atoms with Gasteiger partial charge in [0.25, 0.3) is 5.91 Å². The van der Waals surface area contributed by atoms with Crippen LogP contribution in [0.4, 0.5) is 5.82 Å². The largest absolute Gasteiger partial charge is 0.485 e. The predicted octanol–water partition coefficient (Wildman–Crippen LogP) is 0.374. The number of amides is 2. The molecule has 11 nitrogen and oxygen atoms in total. The molecule has 33 heavy (non-hydrogen) atoms. The van der Waals surface area contributed by atoms with Crippen LogP contribution in [-0.4, -0.2) is 74.4 Å². The molecule has 4 rings (SSSR count). The van der Waals surface area contributed by atoms with Gasteiger partial charge in [0.2, 0.25) is 11.7 Å². The number of sulfone groups is 1. The Bertz CT molecular complexity index is 1060. The van der Waals surface area contributed by atoms with Crippen LogP contribution in [0.25, 0.3) is 0 Å². The first kappa shape index (κ1) is 25.2. The van der Waals surface area contributed by atoms with Gasteiger partial charge in [-0.15, -0.1) is 0 Å². The second-order valence-corrected chi connectivity index (χ2v) is 12.3. The van der Waals surface area contributed by atoms with Crippen molar-refractivity contribution in [1.82, 2.24) is 15.3 Å². The molecule has 2 fully saturated rings. The van der Waals surface area contributed by atoms with E-state index in [2.05, 4.69) is 15.3 Å². The van der Waals surface area contributed by atoms with E-state index in [0.717, 1.165) is 19.2 Å². The van der Waals surface area contributed by atoms with Crippen molar-refractivity contribution in [2.45, 2.75) is 57.4 Å². The summed E-state index contributed by atoms with van der Waals surface area (Å²) in [4.78, 5) is 32.8. The third-order valence-corrected chi connectivity index (χ3v) is 8.49. The van der Waals surface area contributed by atoms with Crippen LogP contribution in [0, 0.1) is 5.92 Å². The van der Waals surface area contributed by atoms with Gasteiger partial charge in [-0.3, -0.25) is 9.59 Å². The van der Waals surface area contributed by atoms with Crippen LogP contribution < -0.4 is 20.7 Å².